The third-order valence-electron chi connectivity index (χ3n) is 8.44. The second kappa shape index (κ2) is 7.55. The van der Waals surface area contributed by atoms with Crippen LogP contribution in [-0.4, -0.2) is 45.8 Å². The van der Waals surface area contributed by atoms with Crippen molar-refractivity contribution >= 4 is 31.6 Å². The Labute approximate surface area is 185 Å². The van der Waals surface area contributed by atoms with Crippen LogP contribution in [0.3, 0.4) is 0 Å². The molecule has 0 aliphatic heterocycles. The van der Waals surface area contributed by atoms with Gasteiger partial charge in [-0.3, -0.25) is 23.7 Å². The molecule has 0 unspecified atom stereocenters. The number of phosphoric ester groups is 1. The van der Waals surface area contributed by atoms with Gasteiger partial charge in [0, 0.05) is 23.2 Å². The van der Waals surface area contributed by atoms with Gasteiger partial charge in [-0.1, -0.05) is 25.5 Å². The maximum Gasteiger partial charge on any atom is 0.470 e. The van der Waals surface area contributed by atoms with Gasteiger partial charge in [0.25, 0.3) is 6.47 Å². The lowest BCUT2D eigenvalue weighted by atomic mass is 9.46. The van der Waals surface area contributed by atoms with Gasteiger partial charge in [0.15, 0.2) is 11.4 Å². The summed E-state index contributed by atoms with van der Waals surface area (Å²) in [5.74, 6) is -1.44. The van der Waals surface area contributed by atoms with Gasteiger partial charge in [0.1, 0.15) is 12.4 Å². The molecule has 174 valence electrons. The average Bonchev–Trinajstić information content (AvgIpc) is 2.99. The number of hydrogen-bond acceptors (Lipinski definition) is 7. The average molecular weight is 466 g/mol. The summed E-state index contributed by atoms with van der Waals surface area (Å²) in [6.07, 6.45) is 6.94. The highest BCUT2D eigenvalue weighted by atomic mass is 31.2. The predicted octanol–water partition coefficient (Wildman–Crippen LogP) is 2.06. The first kappa shape index (κ1) is 23.2. The zero-order valence-corrected chi connectivity index (χ0v) is 18.9. The van der Waals surface area contributed by atoms with Crippen molar-refractivity contribution < 1.29 is 42.8 Å². The summed E-state index contributed by atoms with van der Waals surface area (Å²) in [7, 11) is -4.91. The van der Waals surface area contributed by atoms with Crippen molar-refractivity contribution in [3.63, 3.8) is 0 Å². The highest BCUT2D eigenvalue weighted by Gasteiger charge is 2.70. The minimum Gasteiger partial charge on any atom is -0.453 e. The summed E-state index contributed by atoms with van der Waals surface area (Å²) in [5.41, 5.74) is -2.33. The summed E-state index contributed by atoms with van der Waals surface area (Å²) in [4.78, 5) is 68.1. The number of Topliss-reactive ketones (excluding diaryl/α,β-unsaturated/α-hetero) is 2. The van der Waals surface area contributed by atoms with E-state index >= 15 is 0 Å². The first-order chi connectivity index (χ1) is 14.9. The van der Waals surface area contributed by atoms with Crippen LogP contribution in [0.15, 0.2) is 23.8 Å². The fourth-order valence-electron chi connectivity index (χ4n) is 7.08. The quantitative estimate of drug-likeness (QED) is 0.444. The first-order valence-electron chi connectivity index (χ1n) is 10.7. The molecule has 4 rings (SSSR count). The Morgan fingerprint density at radius 1 is 1.28 bits per heavy atom. The van der Waals surface area contributed by atoms with Crippen LogP contribution in [0.2, 0.25) is 0 Å². The van der Waals surface area contributed by atoms with E-state index in [1.807, 2.05) is 13.0 Å². The van der Waals surface area contributed by atoms with Crippen molar-refractivity contribution in [1.29, 1.82) is 0 Å². The molecule has 3 saturated carbocycles. The second-order valence-electron chi connectivity index (χ2n) is 9.80. The van der Waals surface area contributed by atoms with Crippen molar-refractivity contribution in [3.05, 3.63) is 23.8 Å². The third-order valence-corrected chi connectivity index (χ3v) is 8.91. The number of ketones is 3. The van der Waals surface area contributed by atoms with Crippen LogP contribution in [0.1, 0.15) is 46.0 Å². The molecule has 0 spiro atoms. The molecular formula is C22H27O9P. The summed E-state index contributed by atoms with van der Waals surface area (Å²) < 4.78 is 20.9. The van der Waals surface area contributed by atoms with E-state index in [0.29, 0.717) is 19.3 Å². The molecule has 0 heterocycles. The van der Waals surface area contributed by atoms with E-state index in [4.69, 9.17) is 14.5 Å². The zero-order chi connectivity index (χ0) is 23.5. The molecule has 10 heteroatoms. The highest BCUT2D eigenvalue weighted by molar-refractivity contribution is 7.46. The number of ether oxygens (including phenoxy) is 1. The number of carbonyl (C=O) groups excluding carboxylic acids is 4. The Hall–Kier alpha value is -1.93. The van der Waals surface area contributed by atoms with E-state index in [1.54, 1.807) is 13.0 Å². The molecule has 0 aromatic rings. The molecule has 9 nitrogen and oxygen atoms in total. The van der Waals surface area contributed by atoms with Crippen LogP contribution < -0.4 is 0 Å². The number of carbonyl (C=O) groups is 4. The lowest BCUT2D eigenvalue weighted by Crippen LogP contribution is -2.61. The van der Waals surface area contributed by atoms with Crippen LogP contribution in [0.4, 0.5) is 0 Å². The van der Waals surface area contributed by atoms with E-state index in [-0.39, 0.29) is 48.6 Å². The van der Waals surface area contributed by atoms with Gasteiger partial charge in [0.05, 0.1) is 0 Å². The van der Waals surface area contributed by atoms with Crippen molar-refractivity contribution in [2.45, 2.75) is 51.6 Å². The van der Waals surface area contributed by atoms with Crippen LogP contribution in [-0.2, 0) is 33.0 Å². The summed E-state index contributed by atoms with van der Waals surface area (Å²) >= 11 is 0. The number of phosphoric acid groups is 1. The second-order valence-corrected chi connectivity index (χ2v) is 11.0. The van der Waals surface area contributed by atoms with E-state index in [0.717, 1.165) is 5.57 Å². The lowest BCUT2D eigenvalue weighted by molar-refractivity contribution is -0.182. The fraction of sp³-hybridized carbons (Fsp3) is 0.636. The van der Waals surface area contributed by atoms with Crippen LogP contribution in [0.5, 0.6) is 0 Å². The Balaban J connectivity index is 1.71. The molecule has 0 amide bonds. The Kier molecular flexibility index (Phi) is 5.48. The van der Waals surface area contributed by atoms with Gasteiger partial charge < -0.3 is 14.5 Å². The van der Waals surface area contributed by atoms with Crippen LogP contribution in [0, 0.1) is 28.6 Å². The van der Waals surface area contributed by atoms with Crippen molar-refractivity contribution in [2.24, 2.45) is 28.6 Å². The molecule has 32 heavy (non-hydrogen) atoms. The van der Waals surface area contributed by atoms with Gasteiger partial charge >= 0.3 is 7.82 Å². The molecule has 0 aromatic heterocycles. The number of allylic oxidation sites excluding steroid dienone is 4. The monoisotopic (exact) mass is 466 g/mol. The summed E-state index contributed by atoms with van der Waals surface area (Å²) in [6, 6.07) is 0. The van der Waals surface area contributed by atoms with Crippen molar-refractivity contribution in [2.75, 3.05) is 6.61 Å². The maximum atomic E-state index is 13.6. The zero-order valence-electron chi connectivity index (χ0n) is 18.0. The molecule has 4 aliphatic carbocycles. The predicted molar refractivity (Wildman–Crippen MR) is 110 cm³/mol. The number of rotatable bonds is 6. The molecule has 3 fully saturated rings. The molecule has 0 radical (unpaired) electrons. The Morgan fingerprint density at radius 2 is 2.00 bits per heavy atom. The molecule has 0 saturated heterocycles. The van der Waals surface area contributed by atoms with Crippen molar-refractivity contribution in [1.82, 2.24) is 0 Å². The SMILES string of the molecule is C[C@]12C=CC(=O)C=C1CC[C@@H]1[C@@H]2C(=O)C[C@@]2(C)[C@H]1CC[C@]2(OC=O)C(=O)COP(=O)(O)O. The molecule has 2 N–H and O–H groups in total. The van der Waals surface area contributed by atoms with Gasteiger partial charge in [-0.2, -0.15) is 0 Å². The van der Waals surface area contributed by atoms with E-state index < -0.39 is 36.6 Å². The smallest absolute Gasteiger partial charge is 0.453 e. The van der Waals surface area contributed by atoms with Gasteiger partial charge in [-0.05, 0) is 49.7 Å². The van der Waals surface area contributed by atoms with Crippen molar-refractivity contribution in [3.8, 4) is 0 Å². The minimum atomic E-state index is -4.91. The largest absolute Gasteiger partial charge is 0.470 e. The van der Waals surface area contributed by atoms with Crippen LogP contribution >= 0.6 is 7.82 Å². The van der Waals surface area contributed by atoms with Crippen LogP contribution in [0.25, 0.3) is 0 Å². The topological polar surface area (TPSA) is 144 Å². The minimum absolute atomic E-state index is 0.0149. The van der Waals surface area contributed by atoms with Gasteiger partial charge in [-0.25, -0.2) is 4.57 Å². The summed E-state index contributed by atoms with van der Waals surface area (Å²) in [5, 5.41) is 0. The Bertz CT molecular complexity index is 993. The van der Waals surface area contributed by atoms with E-state index in [1.165, 1.54) is 6.08 Å². The normalized spacial score (nSPS) is 40.8. The molecule has 4 aliphatic rings. The standard InChI is InChI=1S/C22H27O9P/c1-20-7-5-14(24)9-13(20)3-4-15-16-6-8-22(30-12-23,18(26)11-31-32(27,28)29)21(16,2)10-17(25)19(15)20/h5,7,9,12,15-16,19H,3-4,6,8,10-11H2,1-2H3,(H2,27,28,29)/t15-,16-,19+,20-,21-,22-/m0/s1. The molecule has 6 atom stereocenters. The Morgan fingerprint density at radius 3 is 2.66 bits per heavy atom. The molecule has 0 bridgehead atoms. The lowest BCUT2D eigenvalue weighted by Gasteiger charge is -2.57. The maximum absolute atomic E-state index is 13.6. The first-order valence-corrected chi connectivity index (χ1v) is 12.2. The number of fused-ring (bicyclic) bond motifs is 5. The molecular weight excluding hydrogens is 439 g/mol. The van der Waals surface area contributed by atoms with E-state index in [9.17, 15) is 23.7 Å². The summed E-state index contributed by atoms with van der Waals surface area (Å²) in [6.45, 7) is 2.98. The highest BCUT2D eigenvalue weighted by Crippen LogP contribution is 2.66. The third kappa shape index (κ3) is 3.29. The number of hydrogen-bond donors (Lipinski definition) is 2. The molecule has 0 aromatic carbocycles. The van der Waals surface area contributed by atoms with Gasteiger partial charge in [0.2, 0.25) is 5.78 Å². The van der Waals surface area contributed by atoms with Gasteiger partial charge in [-0.15, -0.1) is 0 Å². The van der Waals surface area contributed by atoms with E-state index in [2.05, 4.69) is 4.52 Å². The fourth-order valence-corrected chi connectivity index (χ4v) is 7.36.